The van der Waals surface area contributed by atoms with Crippen LogP contribution in [0.1, 0.15) is 29.3 Å². The van der Waals surface area contributed by atoms with Crippen LogP contribution in [0.4, 0.5) is 5.69 Å². The Morgan fingerprint density at radius 2 is 2.00 bits per heavy atom. The highest BCUT2D eigenvalue weighted by Gasteiger charge is 2.45. The molecule has 2 N–H and O–H groups in total. The minimum atomic E-state index is -0.409. The van der Waals surface area contributed by atoms with E-state index in [1.165, 1.54) is 5.56 Å². The molecule has 7 nitrogen and oxygen atoms in total. The number of hydrogen-bond donors (Lipinski definition) is 2. The Balaban J connectivity index is 1.55. The van der Waals surface area contributed by atoms with Crippen LogP contribution in [0.5, 0.6) is 5.75 Å². The maximum atomic E-state index is 13.2. The van der Waals surface area contributed by atoms with Crippen LogP contribution in [-0.4, -0.2) is 62.1 Å². The average molecular weight is 423 g/mol. The van der Waals surface area contributed by atoms with Crippen molar-refractivity contribution in [2.24, 2.45) is 4.99 Å². The first-order valence-corrected chi connectivity index (χ1v) is 10.8. The summed E-state index contributed by atoms with van der Waals surface area (Å²) < 4.78 is 10.7. The standard InChI is InChI=1S/C24H30N4O3/c1-3-31-20-10-8-18(9-11-20)22(29)28-14-12-24(17-28)23(25-13-15-30-2)27-21-7-5-4-6-19(21)16-26-24/h4-11,26H,3,12-17H2,1-2H3,(H,25,27)/t24-/m0/s1. The molecule has 1 atom stereocenters. The zero-order valence-electron chi connectivity index (χ0n) is 18.2. The van der Waals surface area contributed by atoms with E-state index in [1.807, 2.05) is 48.2 Å². The molecule has 0 bridgehead atoms. The van der Waals surface area contributed by atoms with Gasteiger partial charge in [0.2, 0.25) is 0 Å². The lowest BCUT2D eigenvalue weighted by Gasteiger charge is -2.30. The number of hydrogen-bond acceptors (Lipinski definition) is 5. The molecule has 0 aliphatic carbocycles. The molecule has 1 spiro atoms. The SMILES string of the molecule is CCOc1ccc(C(=O)N2CC[C@@]3(C2)NCc2ccccc2NC3=NCCOC)cc1. The molecule has 1 amide bonds. The molecule has 2 aliphatic heterocycles. The fourth-order valence-corrected chi connectivity index (χ4v) is 4.19. The van der Waals surface area contributed by atoms with Crippen LogP contribution in [0.25, 0.3) is 0 Å². The second-order valence-corrected chi connectivity index (χ2v) is 7.88. The molecule has 2 aromatic carbocycles. The van der Waals surface area contributed by atoms with Crippen LogP contribution in [0.2, 0.25) is 0 Å². The van der Waals surface area contributed by atoms with E-state index in [9.17, 15) is 4.79 Å². The maximum absolute atomic E-state index is 13.2. The van der Waals surface area contributed by atoms with Gasteiger partial charge < -0.3 is 19.7 Å². The Kier molecular flexibility index (Phi) is 6.53. The number of carbonyl (C=O) groups excluding carboxylic acids is 1. The Bertz CT molecular complexity index is 944. The van der Waals surface area contributed by atoms with Gasteiger partial charge in [-0.05, 0) is 49.2 Å². The van der Waals surface area contributed by atoms with Gasteiger partial charge in [-0.3, -0.25) is 15.1 Å². The van der Waals surface area contributed by atoms with E-state index in [-0.39, 0.29) is 5.91 Å². The number of benzene rings is 2. The highest BCUT2D eigenvalue weighted by atomic mass is 16.5. The Labute approximate surface area is 183 Å². The minimum absolute atomic E-state index is 0.0275. The summed E-state index contributed by atoms with van der Waals surface area (Å²) >= 11 is 0. The van der Waals surface area contributed by atoms with Gasteiger partial charge in [0, 0.05) is 38.0 Å². The van der Waals surface area contributed by atoms with Crippen molar-refractivity contribution in [1.29, 1.82) is 0 Å². The number of methoxy groups -OCH3 is 1. The van der Waals surface area contributed by atoms with Crippen LogP contribution >= 0.6 is 0 Å². The van der Waals surface area contributed by atoms with Crippen molar-refractivity contribution >= 4 is 17.4 Å². The third-order valence-electron chi connectivity index (χ3n) is 5.88. The van der Waals surface area contributed by atoms with Crippen molar-refractivity contribution in [3.05, 3.63) is 59.7 Å². The third kappa shape index (κ3) is 4.57. The fourth-order valence-electron chi connectivity index (χ4n) is 4.19. The predicted octanol–water partition coefficient (Wildman–Crippen LogP) is 2.93. The number of amidine groups is 1. The number of nitrogens with zero attached hydrogens (tertiary/aromatic N) is 2. The zero-order valence-corrected chi connectivity index (χ0v) is 18.2. The number of likely N-dealkylation sites (tertiary alicyclic amines) is 1. The van der Waals surface area contributed by atoms with Crippen LogP contribution in [0.3, 0.4) is 0 Å². The summed E-state index contributed by atoms with van der Waals surface area (Å²) in [4.78, 5) is 19.9. The van der Waals surface area contributed by atoms with Crippen LogP contribution < -0.4 is 15.4 Å². The molecule has 1 saturated heterocycles. The molecule has 7 heteroatoms. The van der Waals surface area contributed by atoms with Gasteiger partial charge >= 0.3 is 0 Å². The molecule has 164 valence electrons. The lowest BCUT2D eigenvalue weighted by atomic mass is 9.96. The van der Waals surface area contributed by atoms with Crippen LogP contribution in [0.15, 0.2) is 53.5 Å². The van der Waals surface area contributed by atoms with E-state index in [4.69, 9.17) is 14.5 Å². The summed E-state index contributed by atoms with van der Waals surface area (Å²) in [6, 6.07) is 15.6. The van der Waals surface area contributed by atoms with Crippen molar-refractivity contribution in [1.82, 2.24) is 10.2 Å². The number of fused-ring (bicyclic) bond motifs is 1. The van der Waals surface area contributed by atoms with Gasteiger partial charge in [-0.25, -0.2) is 0 Å². The van der Waals surface area contributed by atoms with E-state index < -0.39 is 5.54 Å². The van der Waals surface area contributed by atoms with Crippen molar-refractivity contribution in [2.45, 2.75) is 25.4 Å². The molecular formula is C24H30N4O3. The van der Waals surface area contributed by atoms with E-state index >= 15 is 0 Å². The summed E-state index contributed by atoms with van der Waals surface area (Å²) in [5.74, 6) is 1.67. The largest absolute Gasteiger partial charge is 0.494 e. The molecule has 2 aromatic rings. The molecule has 0 unspecified atom stereocenters. The number of aliphatic imine (C=N–C) groups is 1. The van der Waals surface area contributed by atoms with Gasteiger partial charge in [-0.1, -0.05) is 18.2 Å². The lowest BCUT2D eigenvalue weighted by Crippen LogP contribution is -2.55. The van der Waals surface area contributed by atoms with E-state index in [1.54, 1.807) is 7.11 Å². The fraction of sp³-hybridized carbons (Fsp3) is 0.417. The first kappa shape index (κ1) is 21.3. The summed E-state index contributed by atoms with van der Waals surface area (Å²) in [6.07, 6.45) is 0.794. The number of nitrogens with one attached hydrogen (secondary N) is 2. The molecule has 4 rings (SSSR count). The molecular weight excluding hydrogens is 392 g/mol. The first-order valence-electron chi connectivity index (χ1n) is 10.8. The number of amides is 1. The average Bonchev–Trinajstić information content (AvgIpc) is 3.17. The van der Waals surface area contributed by atoms with Gasteiger partial charge in [-0.2, -0.15) is 0 Å². The summed E-state index contributed by atoms with van der Waals surface area (Å²) in [7, 11) is 1.68. The normalized spacial score (nSPS) is 21.6. The Morgan fingerprint density at radius 1 is 1.19 bits per heavy atom. The first-order chi connectivity index (χ1) is 15.1. The highest BCUT2D eigenvalue weighted by molar-refractivity contribution is 6.05. The number of carbonyl (C=O) groups is 1. The second-order valence-electron chi connectivity index (χ2n) is 7.88. The van der Waals surface area contributed by atoms with Gasteiger partial charge in [0.1, 0.15) is 11.6 Å². The molecule has 1 fully saturated rings. The molecule has 2 heterocycles. The summed E-state index contributed by atoms with van der Waals surface area (Å²) in [5.41, 5.74) is 2.51. The second kappa shape index (κ2) is 9.49. The minimum Gasteiger partial charge on any atom is -0.494 e. The molecule has 0 aromatic heterocycles. The number of anilines is 1. The molecule has 0 saturated carbocycles. The smallest absolute Gasteiger partial charge is 0.253 e. The van der Waals surface area contributed by atoms with Crippen LogP contribution in [0, 0.1) is 0 Å². The third-order valence-corrected chi connectivity index (χ3v) is 5.88. The van der Waals surface area contributed by atoms with E-state index in [0.29, 0.717) is 38.4 Å². The van der Waals surface area contributed by atoms with Crippen molar-refractivity contribution < 1.29 is 14.3 Å². The van der Waals surface area contributed by atoms with Gasteiger partial charge in [0.25, 0.3) is 5.91 Å². The van der Waals surface area contributed by atoms with Crippen molar-refractivity contribution in [2.75, 3.05) is 45.3 Å². The topological polar surface area (TPSA) is 75.2 Å². The summed E-state index contributed by atoms with van der Waals surface area (Å²) in [5, 5.41) is 7.25. The number of para-hydroxylation sites is 1. The zero-order chi connectivity index (χ0) is 21.7. The van der Waals surface area contributed by atoms with E-state index in [0.717, 1.165) is 30.2 Å². The Morgan fingerprint density at radius 3 is 2.77 bits per heavy atom. The van der Waals surface area contributed by atoms with Crippen LogP contribution in [-0.2, 0) is 11.3 Å². The molecule has 2 aliphatic rings. The quantitative estimate of drug-likeness (QED) is 0.700. The van der Waals surface area contributed by atoms with Gasteiger partial charge in [0.15, 0.2) is 0 Å². The van der Waals surface area contributed by atoms with Crippen molar-refractivity contribution in [3.8, 4) is 5.75 Å². The molecule has 0 radical (unpaired) electrons. The Hall–Kier alpha value is -2.90. The van der Waals surface area contributed by atoms with E-state index in [2.05, 4.69) is 22.8 Å². The van der Waals surface area contributed by atoms with Crippen molar-refractivity contribution in [3.63, 3.8) is 0 Å². The number of ether oxygens (including phenoxy) is 2. The highest BCUT2D eigenvalue weighted by Crippen LogP contribution is 2.30. The summed E-state index contributed by atoms with van der Waals surface area (Å²) in [6.45, 7) is 5.62. The maximum Gasteiger partial charge on any atom is 0.253 e. The number of rotatable bonds is 6. The van der Waals surface area contributed by atoms with Gasteiger partial charge in [-0.15, -0.1) is 0 Å². The molecule has 31 heavy (non-hydrogen) atoms. The predicted molar refractivity (Wildman–Crippen MR) is 122 cm³/mol. The van der Waals surface area contributed by atoms with Gasteiger partial charge in [0.05, 0.1) is 25.3 Å². The monoisotopic (exact) mass is 422 g/mol. The lowest BCUT2D eigenvalue weighted by molar-refractivity contribution is 0.0786.